The Morgan fingerprint density at radius 1 is 1.50 bits per heavy atom. The summed E-state index contributed by atoms with van der Waals surface area (Å²) in [6.45, 7) is 1.45. The maximum absolute atomic E-state index is 13.2. The van der Waals surface area contributed by atoms with E-state index in [9.17, 15) is 17.9 Å². The van der Waals surface area contributed by atoms with E-state index in [1.165, 1.54) is 14.0 Å². The van der Waals surface area contributed by atoms with E-state index in [0.717, 1.165) is 22.5 Å². The molecule has 5 nitrogen and oxygen atoms in total. The standard InChI is InChI=1S/C13H17FN2O3S/c1-10(17)9-16(2)20(18,19)13-6-5-12(14)8-11(13)4-3-7-15/h5-6,8,10,17H,7,9,15H2,1-2H3. The molecule has 0 heterocycles. The largest absolute Gasteiger partial charge is 0.392 e. The van der Waals surface area contributed by atoms with Gasteiger partial charge in [-0.3, -0.25) is 0 Å². The number of halogens is 1. The van der Waals surface area contributed by atoms with Crippen LogP contribution in [0.5, 0.6) is 0 Å². The van der Waals surface area contributed by atoms with Crippen LogP contribution in [0.25, 0.3) is 0 Å². The predicted octanol–water partition coefficient (Wildman–Crippen LogP) is 0.137. The van der Waals surface area contributed by atoms with Crippen molar-refractivity contribution in [3.05, 3.63) is 29.6 Å². The van der Waals surface area contributed by atoms with Gasteiger partial charge in [-0.2, -0.15) is 4.31 Å². The van der Waals surface area contributed by atoms with E-state index in [-0.39, 0.29) is 23.5 Å². The fraction of sp³-hybridized carbons (Fsp3) is 0.385. The third kappa shape index (κ3) is 4.02. The van der Waals surface area contributed by atoms with Gasteiger partial charge < -0.3 is 10.8 Å². The van der Waals surface area contributed by atoms with Crippen LogP contribution in [0.15, 0.2) is 23.1 Å². The normalized spacial score (nSPS) is 12.9. The maximum Gasteiger partial charge on any atom is 0.244 e. The molecule has 0 spiro atoms. The Morgan fingerprint density at radius 2 is 2.15 bits per heavy atom. The van der Waals surface area contributed by atoms with Crippen molar-refractivity contribution in [3.8, 4) is 11.8 Å². The molecule has 0 fully saturated rings. The van der Waals surface area contributed by atoms with Crippen molar-refractivity contribution in [3.63, 3.8) is 0 Å². The SMILES string of the molecule is CC(O)CN(C)S(=O)(=O)c1ccc(F)cc1C#CCN. The van der Waals surface area contributed by atoms with Crippen molar-refractivity contribution in [2.24, 2.45) is 5.73 Å². The van der Waals surface area contributed by atoms with Gasteiger partial charge in [0, 0.05) is 19.2 Å². The summed E-state index contributed by atoms with van der Waals surface area (Å²) in [5.74, 6) is 4.47. The number of hydrogen-bond donors (Lipinski definition) is 2. The smallest absolute Gasteiger partial charge is 0.244 e. The van der Waals surface area contributed by atoms with Crippen LogP contribution in [0.1, 0.15) is 12.5 Å². The number of hydrogen-bond acceptors (Lipinski definition) is 4. The van der Waals surface area contributed by atoms with Crippen molar-refractivity contribution in [2.45, 2.75) is 17.9 Å². The minimum Gasteiger partial charge on any atom is -0.392 e. The Labute approximate surface area is 118 Å². The molecule has 20 heavy (non-hydrogen) atoms. The summed E-state index contributed by atoms with van der Waals surface area (Å²) >= 11 is 0. The number of sulfonamides is 1. The molecule has 110 valence electrons. The number of aliphatic hydroxyl groups is 1. The van der Waals surface area contributed by atoms with Crippen LogP contribution in [-0.4, -0.2) is 44.1 Å². The van der Waals surface area contributed by atoms with Crippen LogP contribution in [0.3, 0.4) is 0 Å². The lowest BCUT2D eigenvalue weighted by Crippen LogP contribution is -2.33. The first-order valence-corrected chi connectivity index (χ1v) is 7.36. The van der Waals surface area contributed by atoms with E-state index in [1.807, 2.05) is 0 Å². The molecule has 1 atom stereocenters. The van der Waals surface area contributed by atoms with Gasteiger partial charge >= 0.3 is 0 Å². The molecule has 1 aromatic carbocycles. The molecule has 1 rings (SSSR count). The minimum atomic E-state index is -3.85. The van der Waals surface area contributed by atoms with E-state index in [4.69, 9.17) is 5.73 Å². The highest BCUT2D eigenvalue weighted by atomic mass is 32.2. The molecule has 1 unspecified atom stereocenters. The van der Waals surface area contributed by atoms with Crippen LogP contribution in [0, 0.1) is 17.7 Å². The first-order valence-electron chi connectivity index (χ1n) is 5.92. The molecule has 7 heteroatoms. The summed E-state index contributed by atoms with van der Waals surface area (Å²) in [5.41, 5.74) is 5.29. The van der Waals surface area contributed by atoms with E-state index in [2.05, 4.69) is 11.8 Å². The van der Waals surface area contributed by atoms with Gasteiger partial charge in [0.15, 0.2) is 0 Å². The number of nitrogens with two attached hydrogens (primary N) is 1. The summed E-state index contributed by atoms with van der Waals surface area (Å²) in [6, 6.07) is 3.26. The molecule has 1 aromatic rings. The Bertz CT molecular complexity index is 633. The monoisotopic (exact) mass is 300 g/mol. The second kappa shape index (κ2) is 6.81. The minimum absolute atomic E-state index is 0.0412. The van der Waals surface area contributed by atoms with Crippen LogP contribution in [0.2, 0.25) is 0 Å². The van der Waals surface area contributed by atoms with Gasteiger partial charge in [0.1, 0.15) is 5.82 Å². The first-order chi connectivity index (χ1) is 9.28. The molecule has 0 saturated carbocycles. The van der Waals surface area contributed by atoms with Gasteiger partial charge in [-0.1, -0.05) is 11.8 Å². The lowest BCUT2D eigenvalue weighted by atomic mass is 10.2. The van der Waals surface area contributed by atoms with Crippen molar-refractivity contribution in [1.82, 2.24) is 4.31 Å². The van der Waals surface area contributed by atoms with Gasteiger partial charge in [-0.05, 0) is 25.1 Å². The molecular formula is C13H17FN2O3S. The van der Waals surface area contributed by atoms with Crippen LogP contribution in [0.4, 0.5) is 4.39 Å². The average molecular weight is 300 g/mol. The summed E-state index contributed by atoms with van der Waals surface area (Å²) < 4.78 is 38.9. The zero-order chi connectivity index (χ0) is 15.3. The Kier molecular flexibility index (Phi) is 5.65. The summed E-state index contributed by atoms with van der Waals surface area (Å²) in [5, 5.41) is 9.28. The third-order valence-electron chi connectivity index (χ3n) is 2.48. The lowest BCUT2D eigenvalue weighted by Gasteiger charge is -2.19. The zero-order valence-electron chi connectivity index (χ0n) is 11.3. The first kappa shape index (κ1) is 16.6. The topological polar surface area (TPSA) is 83.6 Å². The Balaban J connectivity index is 3.31. The average Bonchev–Trinajstić information content (AvgIpc) is 2.35. The summed E-state index contributed by atoms with van der Waals surface area (Å²) in [6.07, 6.45) is -0.811. The Hall–Kier alpha value is -1.46. The van der Waals surface area contributed by atoms with Crippen LogP contribution < -0.4 is 5.73 Å². The van der Waals surface area contributed by atoms with Gasteiger partial charge in [0.05, 0.1) is 17.5 Å². The fourth-order valence-corrected chi connectivity index (χ4v) is 2.98. The molecule has 0 aliphatic heterocycles. The maximum atomic E-state index is 13.2. The molecule has 0 bridgehead atoms. The molecular weight excluding hydrogens is 283 g/mol. The van der Waals surface area contributed by atoms with Crippen molar-refractivity contribution >= 4 is 10.0 Å². The second-order valence-electron chi connectivity index (χ2n) is 4.28. The van der Waals surface area contributed by atoms with Gasteiger partial charge in [0.25, 0.3) is 0 Å². The Morgan fingerprint density at radius 3 is 2.70 bits per heavy atom. The highest BCUT2D eigenvalue weighted by Crippen LogP contribution is 2.20. The zero-order valence-corrected chi connectivity index (χ0v) is 12.1. The lowest BCUT2D eigenvalue weighted by molar-refractivity contribution is 0.171. The molecule has 0 radical (unpaired) electrons. The number of benzene rings is 1. The number of likely N-dealkylation sites (N-methyl/N-ethyl adjacent to an activating group) is 1. The number of aliphatic hydroxyl groups excluding tert-OH is 1. The number of nitrogens with zero attached hydrogens (tertiary/aromatic N) is 1. The molecule has 0 aliphatic carbocycles. The van der Waals surface area contributed by atoms with Gasteiger partial charge in [0.2, 0.25) is 10.0 Å². The van der Waals surface area contributed by atoms with Crippen LogP contribution in [-0.2, 0) is 10.0 Å². The second-order valence-corrected chi connectivity index (χ2v) is 6.29. The third-order valence-corrected chi connectivity index (χ3v) is 4.36. The quantitative estimate of drug-likeness (QED) is 0.775. The number of rotatable bonds is 4. The summed E-state index contributed by atoms with van der Waals surface area (Å²) in [4.78, 5) is -0.108. The summed E-state index contributed by atoms with van der Waals surface area (Å²) in [7, 11) is -2.51. The van der Waals surface area contributed by atoms with Crippen LogP contribution >= 0.6 is 0 Å². The van der Waals surface area contributed by atoms with Gasteiger partial charge in [-0.25, -0.2) is 12.8 Å². The predicted molar refractivity (Wildman–Crippen MR) is 73.8 cm³/mol. The molecule has 3 N–H and O–H groups in total. The van der Waals surface area contributed by atoms with E-state index >= 15 is 0 Å². The highest BCUT2D eigenvalue weighted by molar-refractivity contribution is 7.89. The van der Waals surface area contributed by atoms with E-state index in [0.29, 0.717) is 0 Å². The van der Waals surface area contributed by atoms with Crippen molar-refractivity contribution in [2.75, 3.05) is 20.1 Å². The van der Waals surface area contributed by atoms with E-state index < -0.39 is 21.9 Å². The molecule has 0 aromatic heterocycles. The van der Waals surface area contributed by atoms with Crippen molar-refractivity contribution in [1.29, 1.82) is 0 Å². The van der Waals surface area contributed by atoms with E-state index in [1.54, 1.807) is 0 Å². The molecule has 0 aliphatic rings. The molecule has 0 saturated heterocycles. The van der Waals surface area contributed by atoms with Crippen molar-refractivity contribution < 1.29 is 17.9 Å². The molecule has 0 amide bonds. The highest BCUT2D eigenvalue weighted by Gasteiger charge is 2.24. The fourth-order valence-electron chi connectivity index (χ4n) is 1.61. The van der Waals surface area contributed by atoms with Gasteiger partial charge in [-0.15, -0.1) is 0 Å².